The van der Waals surface area contributed by atoms with Crippen LogP contribution in [-0.2, 0) is 29.4 Å². The molecule has 2 heterocycles. The van der Waals surface area contributed by atoms with Crippen LogP contribution in [0.25, 0.3) is 11.1 Å². The van der Waals surface area contributed by atoms with Crippen molar-refractivity contribution in [2.45, 2.75) is 69.8 Å². The van der Waals surface area contributed by atoms with E-state index in [1.54, 1.807) is 12.1 Å². The molecule has 0 radical (unpaired) electrons. The molecule has 2 aliphatic carbocycles. The van der Waals surface area contributed by atoms with E-state index in [4.69, 9.17) is 9.72 Å². The van der Waals surface area contributed by atoms with Gasteiger partial charge in [-0.1, -0.05) is 38.1 Å². The minimum atomic E-state index is -4.48. The monoisotopic (exact) mass is 527 g/mol. The third-order valence-electron chi connectivity index (χ3n) is 8.35. The number of ether oxygens (including phenoxy) is 1. The molecule has 38 heavy (non-hydrogen) atoms. The Hall–Kier alpha value is -2.80. The third kappa shape index (κ3) is 4.63. The third-order valence-corrected chi connectivity index (χ3v) is 8.35. The number of hydrogen-bond acceptors (Lipinski definition) is 2. The number of pyridine rings is 1. The highest BCUT2D eigenvalue weighted by Crippen LogP contribution is 2.58. The first-order chi connectivity index (χ1) is 18.1. The normalized spacial score (nSPS) is 23.5. The van der Waals surface area contributed by atoms with Crippen molar-refractivity contribution in [2.24, 2.45) is 11.8 Å². The molecule has 1 saturated carbocycles. The van der Waals surface area contributed by atoms with Crippen LogP contribution in [0.1, 0.15) is 78.8 Å². The second kappa shape index (κ2) is 9.15. The summed E-state index contributed by atoms with van der Waals surface area (Å²) in [5.74, 6) is 0.830. The second-order valence-electron chi connectivity index (χ2n) is 11.4. The summed E-state index contributed by atoms with van der Waals surface area (Å²) in [4.78, 5) is 5.14. The first-order valence-electron chi connectivity index (χ1n) is 13.3. The lowest BCUT2D eigenvalue weighted by atomic mass is 9.72. The van der Waals surface area contributed by atoms with Crippen LogP contribution >= 0.6 is 0 Å². The van der Waals surface area contributed by atoms with Crippen LogP contribution in [0.5, 0.6) is 0 Å². The van der Waals surface area contributed by atoms with Crippen molar-refractivity contribution in [1.82, 2.24) is 4.98 Å². The fraction of sp³-hybridized carbons (Fsp3) is 0.452. The summed E-state index contributed by atoms with van der Waals surface area (Å²) in [5.41, 5.74) is 4.02. The van der Waals surface area contributed by atoms with E-state index in [0.29, 0.717) is 18.4 Å². The lowest BCUT2D eigenvalue weighted by Gasteiger charge is -2.34. The number of aromatic nitrogens is 1. The molecule has 1 saturated heterocycles. The second-order valence-corrected chi connectivity index (χ2v) is 11.4. The van der Waals surface area contributed by atoms with Crippen LogP contribution in [0.3, 0.4) is 0 Å². The molecule has 7 heteroatoms. The molecule has 2 fully saturated rings. The molecular weight excluding hydrogens is 497 g/mol. The van der Waals surface area contributed by atoms with Crippen molar-refractivity contribution in [1.29, 1.82) is 0 Å². The first kappa shape index (κ1) is 25.5. The Kier molecular flexibility index (Phi) is 6.13. The maximum Gasteiger partial charge on any atom is 0.416 e. The maximum atomic E-state index is 15.9. The van der Waals surface area contributed by atoms with Crippen LogP contribution in [0.4, 0.5) is 22.0 Å². The molecule has 2 aromatic carbocycles. The summed E-state index contributed by atoms with van der Waals surface area (Å²) >= 11 is 0. The van der Waals surface area contributed by atoms with Gasteiger partial charge < -0.3 is 4.74 Å². The van der Waals surface area contributed by atoms with Gasteiger partial charge in [0.05, 0.1) is 12.2 Å². The standard InChI is InChI=1S/C31H30F5NO/c1-17(2)29-24(14-25(33)19-5-9-22(10-6-19)31(34,35)36)27(20-7-11-23(32)12-8-20)28-26(37-29)13-21(18-3-4-18)15-30(28)16-38-30/h5-12,17-18,21,25H,3-4,13-16H2,1-2H3. The Morgan fingerprint density at radius 2 is 1.66 bits per heavy atom. The lowest BCUT2D eigenvalue weighted by molar-refractivity contribution is -0.137. The lowest BCUT2D eigenvalue weighted by Crippen LogP contribution is -2.29. The van der Waals surface area contributed by atoms with Crippen LogP contribution in [0, 0.1) is 17.7 Å². The van der Waals surface area contributed by atoms with E-state index >= 15 is 4.39 Å². The van der Waals surface area contributed by atoms with Crippen LogP contribution in [0.15, 0.2) is 48.5 Å². The number of benzene rings is 2. The van der Waals surface area contributed by atoms with Gasteiger partial charge in [0, 0.05) is 23.4 Å². The van der Waals surface area contributed by atoms with Crippen LogP contribution in [-0.4, -0.2) is 11.6 Å². The first-order valence-corrected chi connectivity index (χ1v) is 13.3. The Morgan fingerprint density at radius 3 is 2.21 bits per heavy atom. The van der Waals surface area contributed by atoms with Gasteiger partial charge in [-0.2, -0.15) is 13.2 Å². The minimum Gasteiger partial charge on any atom is -0.364 e. The molecule has 1 spiro atoms. The van der Waals surface area contributed by atoms with E-state index in [9.17, 15) is 17.6 Å². The molecule has 1 aromatic heterocycles. The molecule has 3 atom stereocenters. The van der Waals surface area contributed by atoms with Gasteiger partial charge in [-0.15, -0.1) is 0 Å². The molecule has 1 aliphatic heterocycles. The van der Waals surface area contributed by atoms with E-state index in [2.05, 4.69) is 0 Å². The molecule has 3 aliphatic rings. The predicted octanol–water partition coefficient (Wildman–Crippen LogP) is 8.48. The summed E-state index contributed by atoms with van der Waals surface area (Å²) in [6.07, 6.45) is -1.86. The fourth-order valence-corrected chi connectivity index (χ4v) is 6.22. The summed E-state index contributed by atoms with van der Waals surface area (Å²) in [6.45, 7) is 4.61. The van der Waals surface area contributed by atoms with Crippen LogP contribution in [0.2, 0.25) is 0 Å². The number of halogens is 5. The van der Waals surface area contributed by atoms with E-state index < -0.39 is 23.5 Å². The maximum absolute atomic E-state index is 15.9. The van der Waals surface area contributed by atoms with Gasteiger partial charge in [-0.3, -0.25) is 4.98 Å². The average molecular weight is 528 g/mol. The molecule has 2 nitrogen and oxygen atoms in total. The number of hydrogen-bond donors (Lipinski definition) is 0. The van der Waals surface area contributed by atoms with Crippen molar-refractivity contribution >= 4 is 0 Å². The minimum absolute atomic E-state index is 0.00771. The zero-order valence-corrected chi connectivity index (χ0v) is 21.4. The van der Waals surface area contributed by atoms with Gasteiger partial charge in [0.1, 0.15) is 17.6 Å². The Labute approximate surface area is 219 Å². The molecule has 0 N–H and O–H groups in total. The smallest absolute Gasteiger partial charge is 0.364 e. The molecule has 0 amide bonds. The SMILES string of the molecule is CC(C)c1nc2c(c(-c3ccc(F)cc3)c1CC(F)c1ccc(C(F)(F)F)cc1)C1(CO1)CC(C1CC1)C2. The molecular formula is C31H30F5NO. The van der Waals surface area contributed by atoms with Crippen molar-refractivity contribution in [3.63, 3.8) is 0 Å². The molecule has 3 unspecified atom stereocenters. The van der Waals surface area contributed by atoms with Gasteiger partial charge in [0.15, 0.2) is 0 Å². The molecule has 0 bridgehead atoms. The van der Waals surface area contributed by atoms with Crippen molar-refractivity contribution < 1.29 is 26.7 Å². The van der Waals surface area contributed by atoms with Crippen molar-refractivity contribution in [3.05, 3.63) is 88.0 Å². The zero-order valence-electron chi connectivity index (χ0n) is 21.4. The van der Waals surface area contributed by atoms with Gasteiger partial charge in [0.25, 0.3) is 0 Å². The summed E-state index contributed by atoms with van der Waals surface area (Å²) in [7, 11) is 0. The summed E-state index contributed by atoms with van der Waals surface area (Å²) < 4.78 is 75.1. The highest BCUT2D eigenvalue weighted by Gasteiger charge is 2.56. The quantitative estimate of drug-likeness (QED) is 0.237. The van der Waals surface area contributed by atoms with Crippen molar-refractivity contribution in [3.8, 4) is 11.1 Å². The fourth-order valence-electron chi connectivity index (χ4n) is 6.22. The molecule has 6 rings (SSSR count). The largest absolute Gasteiger partial charge is 0.416 e. The van der Waals surface area contributed by atoms with Gasteiger partial charge >= 0.3 is 6.18 Å². The number of nitrogens with zero attached hydrogens (tertiary/aromatic N) is 1. The average Bonchev–Trinajstić information content (AvgIpc) is 3.80. The van der Waals surface area contributed by atoms with E-state index in [-0.39, 0.29) is 23.7 Å². The highest BCUT2D eigenvalue weighted by atomic mass is 19.4. The van der Waals surface area contributed by atoms with Gasteiger partial charge in [0.2, 0.25) is 0 Å². The van der Waals surface area contributed by atoms with E-state index in [1.807, 2.05) is 13.8 Å². The number of fused-ring (bicyclic) bond motifs is 2. The molecule has 200 valence electrons. The van der Waals surface area contributed by atoms with Gasteiger partial charge in [-0.25, -0.2) is 8.78 Å². The van der Waals surface area contributed by atoms with Crippen molar-refractivity contribution in [2.75, 3.05) is 6.61 Å². The number of alkyl halides is 4. The summed E-state index contributed by atoms with van der Waals surface area (Å²) in [6, 6.07) is 10.5. The highest BCUT2D eigenvalue weighted by molar-refractivity contribution is 5.75. The van der Waals surface area contributed by atoms with Crippen LogP contribution < -0.4 is 0 Å². The van der Waals surface area contributed by atoms with Gasteiger partial charge in [-0.05, 0) is 90.0 Å². The zero-order chi connectivity index (χ0) is 26.8. The predicted molar refractivity (Wildman–Crippen MR) is 135 cm³/mol. The number of epoxide rings is 1. The van der Waals surface area contributed by atoms with E-state index in [1.165, 1.54) is 37.1 Å². The summed E-state index contributed by atoms with van der Waals surface area (Å²) in [5, 5.41) is 0. The Morgan fingerprint density at radius 1 is 1.00 bits per heavy atom. The van der Waals surface area contributed by atoms with E-state index in [0.717, 1.165) is 58.6 Å². The topological polar surface area (TPSA) is 25.4 Å². The molecule has 3 aromatic rings. The Bertz CT molecular complexity index is 1340. The Balaban J connectivity index is 1.49. The number of rotatable bonds is 6.